The summed E-state index contributed by atoms with van der Waals surface area (Å²) < 4.78 is 4.71. The lowest BCUT2D eigenvalue weighted by molar-refractivity contribution is -0.129. The number of amides is 2. The summed E-state index contributed by atoms with van der Waals surface area (Å²) in [5.41, 5.74) is -0.151. The van der Waals surface area contributed by atoms with Gasteiger partial charge in [0.25, 0.3) is 0 Å². The molecule has 2 amide bonds. The summed E-state index contributed by atoms with van der Waals surface area (Å²) in [6.45, 7) is 8.30. The molecule has 0 unspecified atom stereocenters. The third-order valence-electron chi connectivity index (χ3n) is 2.39. The maximum Gasteiger partial charge on any atom is 0.416 e. The molecule has 15 heavy (non-hydrogen) atoms. The topological polar surface area (TPSA) is 46.6 Å². The first-order chi connectivity index (χ1) is 6.96. The van der Waals surface area contributed by atoms with Gasteiger partial charge < -0.3 is 4.74 Å². The average Bonchev–Trinajstić information content (AvgIpc) is 2.50. The molecule has 0 saturated carbocycles. The molecule has 0 aliphatic carbocycles. The summed E-state index contributed by atoms with van der Waals surface area (Å²) in [6, 6.07) is 0. The van der Waals surface area contributed by atoms with Crippen molar-refractivity contribution in [1.82, 2.24) is 4.90 Å². The fourth-order valence-corrected chi connectivity index (χ4v) is 1.59. The highest BCUT2D eigenvalue weighted by molar-refractivity contribution is 5.93. The molecule has 0 bridgehead atoms. The molecular formula is C11H17NO3. The van der Waals surface area contributed by atoms with E-state index in [0.717, 1.165) is 6.42 Å². The number of hydrogen-bond acceptors (Lipinski definition) is 3. The Morgan fingerprint density at radius 2 is 2.33 bits per heavy atom. The first-order valence-electron chi connectivity index (χ1n) is 5.04. The standard InChI is InChI=1S/C11H17NO3/c1-4-5-11(2,3)8-9(13)12-6-7-15-10(12)14/h4H,1,5-8H2,2-3H3. The van der Waals surface area contributed by atoms with E-state index in [1.165, 1.54) is 4.90 Å². The highest BCUT2D eigenvalue weighted by Gasteiger charge is 2.31. The third-order valence-corrected chi connectivity index (χ3v) is 2.39. The molecule has 1 heterocycles. The van der Waals surface area contributed by atoms with E-state index >= 15 is 0 Å². The van der Waals surface area contributed by atoms with Crippen molar-refractivity contribution in [3.05, 3.63) is 12.7 Å². The zero-order valence-corrected chi connectivity index (χ0v) is 9.28. The Kier molecular flexibility index (Phi) is 3.50. The summed E-state index contributed by atoms with van der Waals surface area (Å²) in [6.07, 6.45) is 2.36. The van der Waals surface area contributed by atoms with Gasteiger partial charge in [0.1, 0.15) is 6.61 Å². The quantitative estimate of drug-likeness (QED) is 0.668. The molecule has 4 nitrogen and oxygen atoms in total. The molecule has 1 fully saturated rings. The summed E-state index contributed by atoms with van der Waals surface area (Å²) in [5.74, 6) is -0.163. The van der Waals surface area contributed by atoms with Crippen LogP contribution in [0.2, 0.25) is 0 Å². The zero-order chi connectivity index (χ0) is 11.5. The number of carbonyl (C=O) groups is 2. The fourth-order valence-electron chi connectivity index (χ4n) is 1.59. The maximum absolute atomic E-state index is 11.7. The van der Waals surface area contributed by atoms with Crippen molar-refractivity contribution < 1.29 is 14.3 Å². The van der Waals surface area contributed by atoms with Crippen molar-refractivity contribution in [3.8, 4) is 0 Å². The number of rotatable bonds is 4. The van der Waals surface area contributed by atoms with Crippen LogP contribution in [0.5, 0.6) is 0 Å². The van der Waals surface area contributed by atoms with E-state index in [1.54, 1.807) is 6.08 Å². The lowest BCUT2D eigenvalue weighted by atomic mass is 9.85. The van der Waals surface area contributed by atoms with Gasteiger partial charge in [-0.2, -0.15) is 0 Å². The Morgan fingerprint density at radius 3 is 2.80 bits per heavy atom. The Hall–Kier alpha value is -1.32. The predicted molar refractivity (Wildman–Crippen MR) is 56.3 cm³/mol. The fraction of sp³-hybridized carbons (Fsp3) is 0.636. The number of nitrogens with zero attached hydrogens (tertiary/aromatic N) is 1. The van der Waals surface area contributed by atoms with E-state index in [2.05, 4.69) is 6.58 Å². The van der Waals surface area contributed by atoms with Gasteiger partial charge in [-0.3, -0.25) is 4.79 Å². The lowest BCUT2D eigenvalue weighted by Gasteiger charge is -2.23. The molecule has 84 valence electrons. The van der Waals surface area contributed by atoms with Crippen LogP contribution < -0.4 is 0 Å². The van der Waals surface area contributed by atoms with Crippen LogP contribution in [0.4, 0.5) is 4.79 Å². The molecular weight excluding hydrogens is 194 g/mol. The lowest BCUT2D eigenvalue weighted by Crippen LogP contribution is -2.34. The van der Waals surface area contributed by atoms with Crippen LogP contribution in [0.3, 0.4) is 0 Å². The van der Waals surface area contributed by atoms with Gasteiger partial charge in [-0.05, 0) is 11.8 Å². The van der Waals surface area contributed by atoms with Crippen molar-refractivity contribution in [2.45, 2.75) is 26.7 Å². The molecule has 0 aromatic carbocycles. The average molecular weight is 211 g/mol. The Balaban J connectivity index is 2.54. The molecule has 0 aromatic heterocycles. The van der Waals surface area contributed by atoms with E-state index in [0.29, 0.717) is 19.6 Å². The van der Waals surface area contributed by atoms with E-state index in [1.807, 2.05) is 13.8 Å². The van der Waals surface area contributed by atoms with Crippen LogP contribution in [0.15, 0.2) is 12.7 Å². The molecule has 0 spiro atoms. The molecule has 1 saturated heterocycles. The minimum Gasteiger partial charge on any atom is -0.447 e. The van der Waals surface area contributed by atoms with Gasteiger partial charge in [-0.25, -0.2) is 9.69 Å². The Morgan fingerprint density at radius 1 is 1.67 bits per heavy atom. The van der Waals surface area contributed by atoms with Crippen LogP contribution in [0, 0.1) is 5.41 Å². The monoisotopic (exact) mass is 211 g/mol. The van der Waals surface area contributed by atoms with Crippen molar-refractivity contribution in [1.29, 1.82) is 0 Å². The third kappa shape index (κ3) is 3.08. The number of imide groups is 1. The summed E-state index contributed by atoms with van der Waals surface area (Å²) in [4.78, 5) is 24.0. The van der Waals surface area contributed by atoms with Gasteiger partial charge in [0.05, 0.1) is 6.54 Å². The van der Waals surface area contributed by atoms with Crippen molar-refractivity contribution >= 4 is 12.0 Å². The Labute approximate surface area is 89.9 Å². The summed E-state index contributed by atoms with van der Waals surface area (Å²) >= 11 is 0. The molecule has 4 heteroatoms. The van der Waals surface area contributed by atoms with Gasteiger partial charge in [-0.15, -0.1) is 6.58 Å². The first-order valence-corrected chi connectivity index (χ1v) is 5.04. The second-order valence-corrected chi connectivity index (χ2v) is 4.49. The molecule has 0 atom stereocenters. The van der Waals surface area contributed by atoms with Gasteiger partial charge in [-0.1, -0.05) is 19.9 Å². The van der Waals surface area contributed by atoms with Gasteiger partial charge in [0.2, 0.25) is 5.91 Å². The summed E-state index contributed by atoms with van der Waals surface area (Å²) in [7, 11) is 0. The molecule has 1 aliphatic rings. The largest absolute Gasteiger partial charge is 0.447 e. The second kappa shape index (κ2) is 4.47. The van der Waals surface area contributed by atoms with Crippen molar-refractivity contribution in [2.75, 3.05) is 13.2 Å². The number of ether oxygens (including phenoxy) is 1. The van der Waals surface area contributed by atoms with Gasteiger partial charge in [0, 0.05) is 6.42 Å². The normalized spacial score (nSPS) is 16.4. The summed E-state index contributed by atoms with van der Waals surface area (Å²) in [5, 5.41) is 0. The Bertz CT molecular complexity index is 284. The maximum atomic E-state index is 11.7. The van der Waals surface area contributed by atoms with E-state index in [4.69, 9.17) is 4.74 Å². The smallest absolute Gasteiger partial charge is 0.416 e. The molecule has 0 radical (unpaired) electrons. The van der Waals surface area contributed by atoms with Gasteiger partial charge >= 0.3 is 6.09 Å². The van der Waals surface area contributed by atoms with Crippen molar-refractivity contribution in [3.63, 3.8) is 0 Å². The van der Waals surface area contributed by atoms with Crippen LogP contribution in [-0.4, -0.2) is 30.1 Å². The number of allylic oxidation sites excluding steroid dienone is 1. The van der Waals surface area contributed by atoms with Crippen LogP contribution >= 0.6 is 0 Å². The first kappa shape index (κ1) is 11.8. The minimum absolute atomic E-state index is 0.151. The van der Waals surface area contributed by atoms with Crippen LogP contribution in [0.1, 0.15) is 26.7 Å². The van der Waals surface area contributed by atoms with Gasteiger partial charge in [0.15, 0.2) is 0 Å². The van der Waals surface area contributed by atoms with E-state index in [-0.39, 0.29) is 11.3 Å². The van der Waals surface area contributed by atoms with E-state index < -0.39 is 6.09 Å². The molecule has 0 N–H and O–H groups in total. The molecule has 1 rings (SSSR count). The predicted octanol–water partition coefficient (Wildman–Crippen LogP) is 1.96. The second-order valence-electron chi connectivity index (χ2n) is 4.49. The highest BCUT2D eigenvalue weighted by atomic mass is 16.6. The molecule has 1 aliphatic heterocycles. The minimum atomic E-state index is -0.519. The number of hydrogen-bond donors (Lipinski definition) is 0. The highest BCUT2D eigenvalue weighted by Crippen LogP contribution is 2.26. The molecule has 0 aromatic rings. The van der Waals surface area contributed by atoms with Crippen LogP contribution in [0.25, 0.3) is 0 Å². The number of carbonyl (C=O) groups excluding carboxylic acids is 2. The van der Waals surface area contributed by atoms with Crippen LogP contribution in [-0.2, 0) is 9.53 Å². The number of cyclic esters (lactones) is 1. The zero-order valence-electron chi connectivity index (χ0n) is 9.28. The van der Waals surface area contributed by atoms with E-state index in [9.17, 15) is 9.59 Å². The van der Waals surface area contributed by atoms with Crippen molar-refractivity contribution in [2.24, 2.45) is 5.41 Å². The SMILES string of the molecule is C=CCC(C)(C)CC(=O)N1CCOC1=O.